The zero-order chi connectivity index (χ0) is 20.8. The van der Waals surface area contributed by atoms with Gasteiger partial charge < -0.3 is 9.47 Å². The van der Waals surface area contributed by atoms with Crippen LogP contribution in [0.2, 0.25) is 0 Å². The first-order chi connectivity index (χ1) is 13.6. The molecule has 0 aliphatic rings. The molecule has 1 rings (SSSR count). The molecule has 0 fully saturated rings. The summed E-state index contributed by atoms with van der Waals surface area (Å²) in [7, 11) is 0. The molecule has 4 nitrogen and oxygen atoms in total. The van der Waals surface area contributed by atoms with Gasteiger partial charge in [0.05, 0.1) is 24.3 Å². The van der Waals surface area contributed by atoms with Crippen molar-refractivity contribution in [3.8, 4) is 23.6 Å². The predicted octanol–water partition coefficient (Wildman–Crippen LogP) is 6.62. The van der Waals surface area contributed by atoms with Crippen molar-refractivity contribution in [3.05, 3.63) is 23.3 Å². The van der Waals surface area contributed by atoms with Gasteiger partial charge in [-0.2, -0.15) is 10.5 Å². The zero-order valence-electron chi connectivity index (χ0n) is 18.1. The van der Waals surface area contributed by atoms with Gasteiger partial charge in [-0.05, 0) is 24.7 Å². The third kappa shape index (κ3) is 7.81. The van der Waals surface area contributed by atoms with Crippen LogP contribution in [0.1, 0.15) is 90.2 Å². The Morgan fingerprint density at radius 1 is 0.750 bits per heavy atom. The number of nitrogens with zero attached hydrogens (tertiary/aromatic N) is 2. The average Bonchev–Trinajstić information content (AvgIpc) is 2.73. The molecule has 0 spiro atoms. The number of ether oxygens (including phenoxy) is 2. The van der Waals surface area contributed by atoms with E-state index in [4.69, 9.17) is 9.47 Å². The molecule has 0 heterocycles. The lowest BCUT2D eigenvalue weighted by Crippen LogP contribution is -2.13. The van der Waals surface area contributed by atoms with Crippen molar-refractivity contribution in [2.45, 2.75) is 79.1 Å². The molecule has 0 N–H and O–H groups in total. The summed E-state index contributed by atoms with van der Waals surface area (Å²) in [5.41, 5.74) is 0.863. The van der Waals surface area contributed by atoms with Crippen molar-refractivity contribution in [2.24, 2.45) is 11.8 Å². The molecule has 0 bridgehead atoms. The minimum absolute atomic E-state index is 0.431. The normalized spacial score (nSPS) is 12.6. The Morgan fingerprint density at radius 3 is 1.43 bits per heavy atom. The number of benzene rings is 1. The van der Waals surface area contributed by atoms with Crippen LogP contribution in [0.3, 0.4) is 0 Å². The van der Waals surface area contributed by atoms with Crippen LogP contribution in [0, 0.1) is 34.5 Å². The van der Waals surface area contributed by atoms with E-state index in [9.17, 15) is 10.5 Å². The minimum atomic E-state index is 0.431. The maximum atomic E-state index is 9.54. The highest BCUT2D eigenvalue weighted by Crippen LogP contribution is 2.30. The van der Waals surface area contributed by atoms with Crippen LogP contribution in [-0.2, 0) is 0 Å². The van der Waals surface area contributed by atoms with Gasteiger partial charge in [-0.25, -0.2) is 0 Å². The molecule has 1 aromatic rings. The van der Waals surface area contributed by atoms with Crippen LogP contribution < -0.4 is 9.47 Å². The van der Waals surface area contributed by atoms with Gasteiger partial charge in [-0.3, -0.25) is 0 Å². The molecule has 0 saturated heterocycles. The maximum Gasteiger partial charge on any atom is 0.138 e. The summed E-state index contributed by atoms with van der Waals surface area (Å²) in [6, 6.07) is 7.71. The van der Waals surface area contributed by atoms with Crippen molar-refractivity contribution in [3.63, 3.8) is 0 Å². The second-order valence-corrected chi connectivity index (χ2v) is 7.52. The summed E-state index contributed by atoms with van der Waals surface area (Å²) in [6.07, 6.45) is 9.03. The number of hydrogen-bond acceptors (Lipinski definition) is 4. The van der Waals surface area contributed by atoms with Crippen LogP contribution in [0.5, 0.6) is 11.5 Å². The quantitative estimate of drug-likeness (QED) is 0.361. The van der Waals surface area contributed by atoms with Crippen molar-refractivity contribution in [1.29, 1.82) is 10.5 Å². The number of rotatable bonds is 14. The van der Waals surface area contributed by atoms with Crippen LogP contribution >= 0.6 is 0 Å². The summed E-state index contributed by atoms with van der Waals surface area (Å²) in [5.74, 6) is 1.91. The fourth-order valence-electron chi connectivity index (χ4n) is 3.19. The lowest BCUT2D eigenvalue weighted by Gasteiger charge is -2.19. The van der Waals surface area contributed by atoms with E-state index in [0.717, 1.165) is 25.7 Å². The van der Waals surface area contributed by atoms with Gasteiger partial charge >= 0.3 is 0 Å². The molecule has 2 atom stereocenters. The van der Waals surface area contributed by atoms with Crippen molar-refractivity contribution in [2.75, 3.05) is 13.2 Å². The Bertz CT molecular complexity index is 600. The van der Waals surface area contributed by atoms with Gasteiger partial charge in [0.1, 0.15) is 23.6 Å². The molecule has 28 heavy (non-hydrogen) atoms. The van der Waals surface area contributed by atoms with E-state index < -0.39 is 0 Å². The number of hydrogen-bond donors (Lipinski definition) is 0. The summed E-state index contributed by atoms with van der Waals surface area (Å²) in [6.45, 7) is 9.84. The van der Waals surface area contributed by atoms with Gasteiger partial charge in [0, 0.05) is 12.1 Å². The molecule has 0 aliphatic heterocycles. The van der Waals surface area contributed by atoms with E-state index in [-0.39, 0.29) is 0 Å². The first-order valence-corrected chi connectivity index (χ1v) is 10.9. The highest BCUT2D eigenvalue weighted by Gasteiger charge is 2.16. The zero-order valence-corrected chi connectivity index (χ0v) is 18.1. The third-order valence-electron chi connectivity index (χ3n) is 5.36. The molecule has 0 saturated carbocycles. The van der Waals surface area contributed by atoms with Gasteiger partial charge in [0.2, 0.25) is 0 Å². The van der Waals surface area contributed by atoms with Gasteiger partial charge in [-0.1, -0.05) is 66.2 Å². The summed E-state index contributed by atoms with van der Waals surface area (Å²) in [4.78, 5) is 0. The molecular formula is C24H36N2O2. The Balaban J connectivity index is 2.87. The molecule has 154 valence electrons. The van der Waals surface area contributed by atoms with E-state index in [2.05, 4.69) is 39.8 Å². The standard InChI is InChI=1S/C24H36N2O2/c1-5-9-11-19(7-3)17-27-23-13-22(16-26)24(14-21(23)15-25)28-18-20(8-4)12-10-6-2/h13-14,19-20H,5-12,17-18H2,1-4H3. The molecule has 4 heteroatoms. The molecule has 2 unspecified atom stereocenters. The Hall–Kier alpha value is -2.20. The first-order valence-electron chi connectivity index (χ1n) is 10.9. The topological polar surface area (TPSA) is 66.0 Å². The molecule has 0 aromatic heterocycles. The van der Waals surface area contributed by atoms with E-state index in [1.54, 1.807) is 12.1 Å². The largest absolute Gasteiger partial charge is 0.492 e. The Labute approximate surface area is 171 Å². The van der Waals surface area contributed by atoms with E-state index >= 15 is 0 Å². The van der Waals surface area contributed by atoms with Crippen molar-refractivity contribution in [1.82, 2.24) is 0 Å². The summed E-state index contributed by atoms with van der Waals surface area (Å²) < 4.78 is 11.9. The van der Waals surface area contributed by atoms with Crippen molar-refractivity contribution >= 4 is 0 Å². The van der Waals surface area contributed by atoms with E-state index in [0.29, 0.717) is 47.7 Å². The maximum absolute atomic E-state index is 9.54. The lowest BCUT2D eigenvalue weighted by molar-refractivity contribution is 0.227. The molecule has 0 aliphatic carbocycles. The second kappa shape index (κ2) is 13.9. The highest BCUT2D eigenvalue weighted by molar-refractivity contribution is 5.56. The smallest absolute Gasteiger partial charge is 0.138 e. The second-order valence-electron chi connectivity index (χ2n) is 7.52. The fraction of sp³-hybridized carbons (Fsp3) is 0.667. The molecule has 0 radical (unpaired) electrons. The molecule has 1 aromatic carbocycles. The minimum Gasteiger partial charge on any atom is -0.492 e. The van der Waals surface area contributed by atoms with Crippen molar-refractivity contribution < 1.29 is 9.47 Å². The van der Waals surface area contributed by atoms with Crippen LogP contribution in [-0.4, -0.2) is 13.2 Å². The van der Waals surface area contributed by atoms with Crippen LogP contribution in [0.4, 0.5) is 0 Å². The monoisotopic (exact) mass is 384 g/mol. The molecule has 0 amide bonds. The van der Waals surface area contributed by atoms with Gasteiger partial charge in [-0.15, -0.1) is 0 Å². The fourth-order valence-corrected chi connectivity index (χ4v) is 3.19. The first kappa shape index (κ1) is 23.8. The van der Waals surface area contributed by atoms with Crippen LogP contribution in [0.25, 0.3) is 0 Å². The Kier molecular flexibility index (Phi) is 11.8. The number of nitriles is 2. The Morgan fingerprint density at radius 2 is 1.14 bits per heavy atom. The van der Waals surface area contributed by atoms with E-state index in [1.165, 1.54) is 25.7 Å². The van der Waals surface area contributed by atoms with Gasteiger partial charge in [0.25, 0.3) is 0 Å². The predicted molar refractivity (Wildman–Crippen MR) is 113 cm³/mol. The van der Waals surface area contributed by atoms with Gasteiger partial charge in [0.15, 0.2) is 0 Å². The summed E-state index contributed by atoms with van der Waals surface area (Å²) >= 11 is 0. The molecular weight excluding hydrogens is 348 g/mol. The SMILES string of the molecule is CCCCC(CC)COc1cc(C#N)c(OCC(CC)CCCC)cc1C#N. The van der Waals surface area contributed by atoms with E-state index in [1.807, 2.05) is 0 Å². The average molecular weight is 385 g/mol. The summed E-state index contributed by atoms with van der Waals surface area (Å²) in [5, 5.41) is 19.1. The third-order valence-corrected chi connectivity index (χ3v) is 5.36. The van der Waals surface area contributed by atoms with Crippen LogP contribution in [0.15, 0.2) is 12.1 Å². The number of unbranched alkanes of at least 4 members (excludes halogenated alkanes) is 2. The highest BCUT2D eigenvalue weighted by atomic mass is 16.5. The lowest BCUT2D eigenvalue weighted by atomic mass is 10.0.